The first kappa shape index (κ1) is 25.4. The van der Waals surface area contributed by atoms with Crippen LogP contribution in [0.15, 0.2) is 48.8 Å². The van der Waals surface area contributed by atoms with Crippen LogP contribution < -0.4 is 10.1 Å². The number of hydrogen-bond acceptors (Lipinski definition) is 5. The fraction of sp³-hybridized carbons (Fsp3) is 0.276. The van der Waals surface area contributed by atoms with E-state index < -0.39 is 5.60 Å². The van der Waals surface area contributed by atoms with Gasteiger partial charge in [0.25, 0.3) is 5.91 Å². The van der Waals surface area contributed by atoms with Crippen LogP contribution in [0.5, 0.6) is 11.5 Å². The van der Waals surface area contributed by atoms with Crippen LogP contribution in [-0.2, 0) is 5.60 Å². The van der Waals surface area contributed by atoms with Crippen LogP contribution in [-0.4, -0.2) is 36.6 Å². The average Bonchev–Trinajstić information content (AvgIpc) is 3.44. The number of carbonyl (C=O) groups excluding carboxylic acids is 1. The number of benzene rings is 2. The summed E-state index contributed by atoms with van der Waals surface area (Å²) in [5, 5.41) is 22.2. The number of rotatable bonds is 6. The molecule has 0 spiro atoms. The molecule has 0 aliphatic heterocycles. The summed E-state index contributed by atoms with van der Waals surface area (Å²) in [4.78, 5) is 12.7. The second-order valence-electron chi connectivity index (χ2n) is 10.0. The van der Waals surface area contributed by atoms with Gasteiger partial charge < -0.3 is 15.2 Å². The van der Waals surface area contributed by atoms with E-state index in [0.717, 1.165) is 11.1 Å². The summed E-state index contributed by atoms with van der Waals surface area (Å²) in [6.07, 6.45) is 3.64. The molecule has 1 amide bonds. The van der Waals surface area contributed by atoms with Gasteiger partial charge in [0.2, 0.25) is 5.78 Å². The summed E-state index contributed by atoms with van der Waals surface area (Å²) in [7, 11) is 0. The zero-order valence-corrected chi connectivity index (χ0v) is 22.3. The van der Waals surface area contributed by atoms with E-state index in [9.17, 15) is 14.3 Å². The van der Waals surface area contributed by atoms with Crippen LogP contribution in [0.2, 0.25) is 0 Å². The second-order valence-corrected chi connectivity index (χ2v) is 10.0. The van der Waals surface area contributed by atoms with Gasteiger partial charge in [-0.3, -0.25) is 13.6 Å². The van der Waals surface area contributed by atoms with Crippen molar-refractivity contribution in [1.82, 2.24) is 24.3 Å². The molecule has 5 aromatic rings. The lowest BCUT2D eigenvalue weighted by molar-refractivity contribution is 0.0786. The topological polar surface area (TPSA) is 93.2 Å². The maximum Gasteiger partial charge on any atom is 0.252 e. The van der Waals surface area contributed by atoms with Crippen molar-refractivity contribution >= 4 is 17.2 Å². The quantitative estimate of drug-likeness (QED) is 0.312. The van der Waals surface area contributed by atoms with Crippen molar-refractivity contribution in [2.45, 2.75) is 47.1 Å². The highest BCUT2D eigenvalue weighted by molar-refractivity contribution is 5.98. The summed E-state index contributed by atoms with van der Waals surface area (Å²) < 4.78 is 24.1. The summed E-state index contributed by atoms with van der Waals surface area (Å²) >= 11 is 0. The SMILES string of the molecule is CCNC(=O)c1cc2c(-c3cc(C(C)(C)O)ccc3Oc3c(C)cc(F)cc3C)cn3c(C)nnc3n2c1. The van der Waals surface area contributed by atoms with Gasteiger partial charge in [-0.1, -0.05) is 6.07 Å². The number of hydrogen-bond donors (Lipinski definition) is 2. The lowest BCUT2D eigenvalue weighted by Gasteiger charge is -2.22. The molecule has 2 N–H and O–H groups in total. The smallest absolute Gasteiger partial charge is 0.252 e. The molecule has 38 heavy (non-hydrogen) atoms. The molecule has 0 unspecified atom stereocenters. The Hall–Kier alpha value is -4.24. The number of halogens is 1. The van der Waals surface area contributed by atoms with E-state index in [2.05, 4.69) is 15.5 Å². The molecule has 2 aromatic carbocycles. The molecule has 0 bridgehead atoms. The zero-order valence-electron chi connectivity index (χ0n) is 22.3. The van der Waals surface area contributed by atoms with Gasteiger partial charge >= 0.3 is 0 Å². The summed E-state index contributed by atoms with van der Waals surface area (Å²) in [5.74, 6) is 1.77. The van der Waals surface area contributed by atoms with Crippen molar-refractivity contribution in [2.75, 3.05) is 6.54 Å². The van der Waals surface area contributed by atoms with E-state index in [4.69, 9.17) is 4.74 Å². The molecule has 8 nitrogen and oxygen atoms in total. The van der Waals surface area contributed by atoms with Gasteiger partial charge in [0.15, 0.2) is 0 Å². The van der Waals surface area contributed by atoms with E-state index in [1.165, 1.54) is 12.1 Å². The number of aryl methyl sites for hydroxylation is 3. The monoisotopic (exact) mass is 515 g/mol. The van der Waals surface area contributed by atoms with Crippen molar-refractivity contribution in [3.8, 4) is 22.6 Å². The fourth-order valence-corrected chi connectivity index (χ4v) is 4.68. The number of amides is 1. The van der Waals surface area contributed by atoms with Gasteiger partial charge in [-0.15, -0.1) is 10.2 Å². The van der Waals surface area contributed by atoms with Crippen molar-refractivity contribution in [3.63, 3.8) is 0 Å². The minimum atomic E-state index is -1.12. The first-order chi connectivity index (χ1) is 18.0. The molecule has 0 fully saturated rings. The lowest BCUT2D eigenvalue weighted by atomic mass is 9.93. The van der Waals surface area contributed by atoms with Crippen LogP contribution in [0.4, 0.5) is 4.39 Å². The molecule has 0 aliphatic rings. The Morgan fingerprint density at radius 1 is 1.03 bits per heavy atom. The third kappa shape index (κ3) is 4.39. The van der Waals surface area contributed by atoms with E-state index in [1.807, 2.05) is 41.0 Å². The first-order valence-electron chi connectivity index (χ1n) is 12.4. The fourth-order valence-electron chi connectivity index (χ4n) is 4.68. The third-order valence-corrected chi connectivity index (χ3v) is 6.63. The molecular formula is C29H30FN5O3. The number of carbonyl (C=O) groups is 1. The maximum atomic E-state index is 14.0. The lowest BCUT2D eigenvalue weighted by Crippen LogP contribution is -2.21. The number of nitrogens with zero attached hydrogens (tertiary/aromatic N) is 4. The maximum absolute atomic E-state index is 14.0. The molecular weight excluding hydrogens is 485 g/mol. The number of aliphatic hydroxyl groups is 1. The minimum absolute atomic E-state index is 0.198. The predicted molar refractivity (Wildman–Crippen MR) is 143 cm³/mol. The average molecular weight is 516 g/mol. The van der Waals surface area contributed by atoms with E-state index in [1.54, 1.807) is 46.0 Å². The molecule has 3 aromatic heterocycles. The highest BCUT2D eigenvalue weighted by Crippen LogP contribution is 2.41. The Morgan fingerprint density at radius 3 is 2.39 bits per heavy atom. The van der Waals surface area contributed by atoms with Crippen LogP contribution in [0.1, 0.15) is 53.6 Å². The number of fused-ring (bicyclic) bond motifs is 3. The van der Waals surface area contributed by atoms with Crippen molar-refractivity contribution in [3.05, 3.63) is 82.7 Å². The van der Waals surface area contributed by atoms with E-state index in [-0.39, 0.29) is 11.7 Å². The van der Waals surface area contributed by atoms with E-state index in [0.29, 0.717) is 57.5 Å². The standard InChI is InChI=1S/C29H30FN5O3/c1-7-31-27(36)19-12-24-23(15-34-18(4)32-33-28(34)35(24)14-19)22-13-20(29(5,6)37)8-9-25(22)38-26-16(2)10-21(30)11-17(26)3/h8-15,37H,7H2,1-6H3,(H,31,36). The highest BCUT2D eigenvalue weighted by Gasteiger charge is 2.23. The Kier molecular flexibility index (Phi) is 6.19. The summed E-state index contributed by atoms with van der Waals surface area (Å²) in [5.41, 5.74) is 3.53. The second kappa shape index (κ2) is 9.25. The largest absolute Gasteiger partial charge is 0.456 e. The molecule has 0 atom stereocenters. The van der Waals surface area contributed by atoms with Crippen LogP contribution in [0.25, 0.3) is 22.4 Å². The highest BCUT2D eigenvalue weighted by atomic mass is 19.1. The molecule has 0 saturated heterocycles. The summed E-state index contributed by atoms with van der Waals surface area (Å²) in [6, 6.07) is 10.2. The van der Waals surface area contributed by atoms with Gasteiger partial charge in [0.1, 0.15) is 23.1 Å². The van der Waals surface area contributed by atoms with Crippen molar-refractivity contribution in [2.24, 2.45) is 0 Å². The van der Waals surface area contributed by atoms with Crippen LogP contribution in [0, 0.1) is 26.6 Å². The molecule has 196 valence electrons. The number of ether oxygens (including phenoxy) is 1. The first-order valence-corrected chi connectivity index (χ1v) is 12.4. The molecule has 0 aliphatic carbocycles. The van der Waals surface area contributed by atoms with Gasteiger partial charge in [-0.2, -0.15) is 0 Å². The Bertz CT molecular complexity index is 1690. The van der Waals surface area contributed by atoms with Crippen LogP contribution >= 0.6 is 0 Å². The van der Waals surface area contributed by atoms with Gasteiger partial charge in [-0.05, 0) is 88.6 Å². The number of aromatic nitrogens is 4. The predicted octanol–water partition coefficient (Wildman–Crippen LogP) is 5.48. The zero-order chi connectivity index (χ0) is 27.4. The molecule has 0 radical (unpaired) electrons. The van der Waals surface area contributed by atoms with Gasteiger partial charge in [0.05, 0.1) is 16.7 Å². The Balaban J connectivity index is 1.81. The van der Waals surface area contributed by atoms with Crippen molar-refractivity contribution in [1.29, 1.82) is 0 Å². The van der Waals surface area contributed by atoms with E-state index >= 15 is 0 Å². The normalized spacial score (nSPS) is 11.9. The molecule has 0 saturated carbocycles. The summed E-state index contributed by atoms with van der Waals surface area (Å²) in [6.45, 7) is 11.2. The van der Waals surface area contributed by atoms with Crippen LogP contribution in [0.3, 0.4) is 0 Å². The van der Waals surface area contributed by atoms with Gasteiger partial charge in [-0.25, -0.2) is 4.39 Å². The molecule has 5 rings (SSSR count). The van der Waals surface area contributed by atoms with Crippen molar-refractivity contribution < 1.29 is 19.0 Å². The molecule has 9 heteroatoms. The third-order valence-electron chi connectivity index (χ3n) is 6.63. The minimum Gasteiger partial charge on any atom is -0.456 e. The Labute approximate surface area is 219 Å². The van der Waals surface area contributed by atoms with Gasteiger partial charge in [0, 0.05) is 30.1 Å². The number of nitrogens with one attached hydrogen (secondary N) is 1. The molecule has 3 heterocycles. The Morgan fingerprint density at radius 2 is 1.74 bits per heavy atom.